The van der Waals surface area contributed by atoms with Gasteiger partial charge in [-0.05, 0) is 55.7 Å². The summed E-state index contributed by atoms with van der Waals surface area (Å²) in [6, 6.07) is 0. The Morgan fingerprint density at radius 3 is 2.50 bits per heavy atom. The van der Waals surface area contributed by atoms with Crippen molar-refractivity contribution in [1.29, 1.82) is 0 Å². The minimum atomic E-state index is -1.71. The Hall–Kier alpha value is -1.59. The van der Waals surface area contributed by atoms with Gasteiger partial charge in [-0.2, -0.15) is 0 Å². The van der Waals surface area contributed by atoms with Crippen LogP contribution in [0, 0.1) is 34.5 Å². The van der Waals surface area contributed by atoms with Crippen LogP contribution in [0.15, 0.2) is 36.0 Å². The molecule has 0 unspecified atom stereocenters. The Morgan fingerprint density at radius 2 is 1.86 bits per heavy atom. The minimum Gasteiger partial charge on any atom is -0.388 e. The Labute approximate surface area is 165 Å². The number of alkyl halides is 1. The van der Waals surface area contributed by atoms with Gasteiger partial charge < -0.3 is 10.2 Å². The van der Waals surface area contributed by atoms with Gasteiger partial charge in [0.15, 0.2) is 11.6 Å². The maximum atomic E-state index is 16.8. The summed E-state index contributed by atoms with van der Waals surface area (Å²) < 4.78 is 16.8. The maximum Gasteiger partial charge on any atom is 0.190 e. The number of fused-ring (bicyclic) bond motifs is 5. The van der Waals surface area contributed by atoms with E-state index in [4.69, 9.17) is 0 Å². The van der Waals surface area contributed by atoms with Crippen LogP contribution >= 0.6 is 0 Å². The molecule has 0 heterocycles. The Kier molecular flexibility index (Phi) is 4.03. The third-order valence-electron chi connectivity index (χ3n) is 8.59. The first kappa shape index (κ1) is 19.7. The molecule has 0 spiro atoms. The molecular weight excluding hydrogens is 359 g/mol. The fraction of sp³-hybridized carbons (Fsp3) is 0.652. The summed E-state index contributed by atoms with van der Waals surface area (Å²) in [4.78, 5) is 24.5. The van der Waals surface area contributed by atoms with E-state index in [1.807, 2.05) is 27.7 Å². The zero-order valence-corrected chi connectivity index (χ0v) is 16.9. The van der Waals surface area contributed by atoms with Gasteiger partial charge >= 0.3 is 0 Å². The average Bonchev–Trinajstić information content (AvgIpc) is 2.86. The van der Waals surface area contributed by atoms with E-state index in [-0.39, 0.29) is 29.5 Å². The van der Waals surface area contributed by atoms with Crippen LogP contribution in [-0.2, 0) is 9.59 Å². The minimum absolute atomic E-state index is 0.0288. The summed E-state index contributed by atoms with van der Waals surface area (Å²) in [7, 11) is 0. The van der Waals surface area contributed by atoms with Gasteiger partial charge in [0.05, 0.1) is 0 Å². The summed E-state index contributed by atoms with van der Waals surface area (Å²) in [5.74, 6) is -1.67. The standard InChI is InChI=1S/C23H29FO4/c1-13-9-18-17-10-14(2)23(28,19(27)12-25)21(17,4)7-8-22(18,24)20(3)6-5-15(26)11-16(13)20/h5-8,11,13-14,17-18,25,28H,9-10,12H2,1-4H3/t13-,14-,17-,18-,20-,21-,22+,23-/m0/s1. The van der Waals surface area contributed by atoms with Crippen LogP contribution in [0.3, 0.4) is 0 Å². The highest BCUT2D eigenvalue weighted by atomic mass is 19.1. The molecule has 4 nitrogen and oxygen atoms in total. The SMILES string of the molecule is C[C@H]1C[C@H]2[C@@H]3C[C@H](C)[C@](O)(C(=O)CO)[C@@]3(C)C=C[C@]2(F)[C@@]2(C)C=CC(=O)C=C12. The summed E-state index contributed by atoms with van der Waals surface area (Å²) in [6.45, 7) is 6.77. The molecule has 2 fully saturated rings. The molecule has 2 saturated carbocycles. The zero-order chi connectivity index (χ0) is 20.7. The second-order valence-corrected chi connectivity index (χ2v) is 9.76. The lowest BCUT2D eigenvalue weighted by Gasteiger charge is -2.59. The molecule has 0 aromatic heterocycles. The largest absolute Gasteiger partial charge is 0.388 e. The van der Waals surface area contributed by atoms with Gasteiger partial charge in [-0.15, -0.1) is 0 Å². The monoisotopic (exact) mass is 388 g/mol. The maximum absolute atomic E-state index is 16.8. The van der Waals surface area contributed by atoms with Crippen LogP contribution in [0.5, 0.6) is 0 Å². The third kappa shape index (κ3) is 2.02. The van der Waals surface area contributed by atoms with Crippen molar-refractivity contribution in [3.8, 4) is 0 Å². The molecule has 0 aromatic carbocycles. The smallest absolute Gasteiger partial charge is 0.190 e. The Morgan fingerprint density at radius 1 is 1.18 bits per heavy atom. The van der Waals surface area contributed by atoms with Crippen molar-refractivity contribution in [2.75, 3.05) is 6.61 Å². The van der Waals surface area contributed by atoms with Crippen LogP contribution in [-0.4, -0.2) is 39.7 Å². The highest BCUT2D eigenvalue weighted by Crippen LogP contribution is 2.69. The average molecular weight is 388 g/mol. The molecule has 5 heteroatoms. The lowest BCUT2D eigenvalue weighted by Crippen LogP contribution is -2.62. The number of hydrogen-bond donors (Lipinski definition) is 2. The predicted octanol–water partition coefficient (Wildman–Crippen LogP) is 2.95. The third-order valence-corrected chi connectivity index (χ3v) is 8.59. The highest BCUT2D eigenvalue weighted by Gasteiger charge is 2.71. The summed E-state index contributed by atoms with van der Waals surface area (Å²) in [5, 5.41) is 20.9. The lowest BCUT2D eigenvalue weighted by molar-refractivity contribution is -0.159. The Balaban J connectivity index is 1.88. The molecule has 0 radical (unpaired) electrons. The number of carbonyl (C=O) groups excluding carboxylic acids is 2. The molecule has 4 aliphatic carbocycles. The van der Waals surface area contributed by atoms with E-state index in [1.165, 1.54) is 12.2 Å². The first-order valence-electron chi connectivity index (χ1n) is 10.2. The van der Waals surface area contributed by atoms with Gasteiger partial charge in [0.1, 0.15) is 17.9 Å². The number of allylic oxidation sites excluding steroid dienone is 5. The van der Waals surface area contributed by atoms with Crippen molar-refractivity contribution >= 4 is 11.6 Å². The number of carbonyl (C=O) groups is 2. The van der Waals surface area contributed by atoms with Gasteiger partial charge in [-0.1, -0.05) is 38.5 Å². The number of aliphatic hydroxyl groups is 2. The molecule has 0 bridgehead atoms. The molecule has 4 aliphatic rings. The number of halogens is 1. The van der Waals surface area contributed by atoms with E-state index >= 15 is 4.39 Å². The fourth-order valence-corrected chi connectivity index (χ4v) is 6.95. The van der Waals surface area contributed by atoms with Gasteiger partial charge in [0.25, 0.3) is 0 Å². The van der Waals surface area contributed by atoms with Gasteiger partial charge in [0.2, 0.25) is 0 Å². The van der Waals surface area contributed by atoms with Crippen molar-refractivity contribution in [2.45, 2.75) is 51.8 Å². The van der Waals surface area contributed by atoms with E-state index in [0.717, 1.165) is 5.57 Å². The normalized spacial score (nSPS) is 52.0. The van der Waals surface area contributed by atoms with E-state index in [0.29, 0.717) is 12.8 Å². The van der Waals surface area contributed by atoms with Crippen LogP contribution < -0.4 is 0 Å². The van der Waals surface area contributed by atoms with Gasteiger partial charge in [-0.25, -0.2) is 4.39 Å². The molecule has 8 atom stereocenters. The molecule has 4 rings (SSSR count). The molecule has 28 heavy (non-hydrogen) atoms. The first-order chi connectivity index (χ1) is 13.0. The summed E-state index contributed by atoms with van der Waals surface area (Å²) >= 11 is 0. The quantitative estimate of drug-likeness (QED) is 0.714. The zero-order valence-electron chi connectivity index (χ0n) is 16.9. The molecule has 0 aliphatic heterocycles. The van der Waals surface area contributed by atoms with Crippen molar-refractivity contribution in [2.24, 2.45) is 34.5 Å². The molecule has 2 N–H and O–H groups in total. The fourth-order valence-electron chi connectivity index (χ4n) is 6.95. The summed E-state index contributed by atoms with van der Waals surface area (Å²) in [5.41, 5.74) is -4.44. The van der Waals surface area contributed by atoms with E-state index in [9.17, 15) is 19.8 Å². The number of aliphatic hydroxyl groups excluding tert-OH is 1. The van der Waals surface area contributed by atoms with Crippen molar-refractivity contribution in [1.82, 2.24) is 0 Å². The number of ketones is 2. The van der Waals surface area contributed by atoms with Crippen molar-refractivity contribution < 1.29 is 24.2 Å². The van der Waals surface area contributed by atoms with Gasteiger partial charge in [-0.3, -0.25) is 9.59 Å². The Bertz CT molecular complexity index is 844. The molecule has 0 aromatic rings. The molecule has 152 valence electrons. The second kappa shape index (κ2) is 5.73. The van der Waals surface area contributed by atoms with E-state index in [2.05, 4.69) is 0 Å². The molecule has 0 amide bonds. The molecular formula is C23H29FO4. The summed E-state index contributed by atoms with van der Waals surface area (Å²) in [6.07, 6.45) is 9.00. The van der Waals surface area contributed by atoms with Crippen molar-refractivity contribution in [3.05, 3.63) is 36.0 Å². The number of rotatable bonds is 2. The highest BCUT2D eigenvalue weighted by molar-refractivity contribution is 6.01. The van der Waals surface area contributed by atoms with Crippen molar-refractivity contribution in [3.63, 3.8) is 0 Å². The predicted molar refractivity (Wildman–Crippen MR) is 103 cm³/mol. The van der Waals surface area contributed by atoms with E-state index < -0.39 is 34.5 Å². The molecule has 0 saturated heterocycles. The van der Waals surface area contributed by atoms with Gasteiger partial charge in [0, 0.05) is 16.7 Å². The topological polar surface area (TPSA) is 74.6 Å². The number of hydrogen-bond acceptors (Lipinski definition) is 4. The first-order valence-corrected chi connectivity index (χ1v) is 10.2. The van der Waals surface area contributed by atoms with E-state index in [1.54, 1.807) is 18.2 Å². The lowest BCUT2D eigenvalue weighted by atomic mass is 9.46. The second-order valence-electron chi connectivity index (χ2n) is 9.76. The van der Waals surface area contributed by atoms with Crippen LogP contribution in [0.25, 0.3) is 0 Å². The number of Topliss-reactive ketones (excluding diaryl/α,β-unsaturated/α-hetero) is 1. The van der Waals surface area contributed by atoms with Crippen LogP contribution in [0.2, 0.25) is 0 Å². The van der Waals surface area contributed by atoms with Crippen LogP contribution in [0.4, 0.5) is 4.39 Å². The van der Waals surface area contributed by atoms with Crippen LogP contribution in [0.1, 0.15) is 40.5 Å².